The Labute approximate surface area is 170 Å². The van der Waals surface area contributed by atoms with Gasteiger partial charge in [0.1, 0.15) is 5.75 Å². The number of halogens is 1. The van der Waals surface area contributed by atoms with E-state index in [1.54, 1.807) is 18.2 Å². The summed E-state index contributed by atoms with van der Waals surface area (Å²) in [6.07, 6.45) is 0.653. The first-order valence-electron chi connectivity index (χ1n) is 8.82. The highest BCUT2D eigenvalue weighted by Crippen LogP contribution is 2.28. The molecule has 2 aromatic rings. The smallest absolute Gasteiger partial charge is 0.282 e. The summed E-state index contributed by atoms with van der Waals surface area (Å²) in [5, 5.41) is 3.12. The van der Waals surface area contributed by atoms with Gasteiger partial charge in [-0.05, 0) is 30.2 Å². The molecule has 1 N–H and O–H groups in total. The lowest BCUT2D eigenvalue weighted by Gasteiger charge is -2.34. The SMILES string of the molecule is COc1ccc(Cl)cc1NC(=O)CN1CCCN(Cc2ccccc2)S1(=O)=O. The third-order valence-corrected chi connectivity index (χ3v) is 6.59. The molecule has 0 aliphatic carbocycles. The van der Waals surface area contributed by atoms with E-state index in [0.717, 1.165) is 5.56 Å². The van der Waals surface area contributed by atoms with Crippen LogP contribution in [0.25, 0.3) is 0 Å². The summed E-state index contributed by atoms with van der Waals surface area (Å²) >= 11 is 5.97. The lowest BCUT2D eigenvalue weighted by Crippen LogP contribution is -2.51. The molecule has 0 radical (unpaired) electrons. The van der Waals surface area contributed by atoms with Crippen LogP contribution in [0.3, 0.4) is 0 Å². The third kappa shape index (κ3) is 4.82. The maximum absolute atomic E-state index is 12.9. The van der Waals surface area contributed by atoms with E-state index < -0.39 is 16.1 Å². The summed E-state index contributed by atoms with van der Waals surface area (Å²) in [6, 6.07) is 14.2. The fourth-order valence-electron chi connectivity index (χ4n) is 3.05. The first-order valence-corrected chi connectivity index (χ1v) is 10.6. The van der Waals surface area contributed by atoms with Gasteiger partial charge in [-0.25, -0.2) is 0 Å². The molecule has 1 heterocycles. The molecule has 0 bridgehead atoms. The molecule has 7 nitrogen and oxygen atoms in total. The molecule has 1 fully saturated rings. The number of methoxy groups -OCH3 is 1. The highest BCUT2D eigenvalue weighted by atomic mass is 35.5. The maximum Gasteiger partial charge on any atom is 0.282 e. The van der Waals surface area contributed by atoms with E-state index >= 15 is 0 Å². The first kappa shape index (κ1) is 20.6. The first-order chi connectivity index (χ1) is 13.4. The molecular weight excluding hydrogens is 402 g/mol. The van der Waals surface area contributed by atoms with Crippen molar-refractivity contribution in [1.82, 2.24) is 8.61 Å². The average Bonchev–Trinajstić information content (AvgIpc) is 2.66. The number of carbonyl (C=O) groups excluding carboxylic acids is 1. The van der Waals surface area contributed by atoms with E-state index in [4.69, 9.17) is 16.3 Å². The molecular formula is C19H22ClN3O4S. The van der Waals surface area contributed by atoms with Crippen LogP contribution < -0.4 is 10.1 Å². The van der Waals surface area contributed by atoms with E-state index in [1.165, 1.54) is 15.7 Å². The zero-order chi connectivity index (χ0) is 20.1. The zero-order valence-corrected chi connectivity index (χ0v) is 17.0. The summed E-state index contributed by atoms with van der Waals surface area (Å²) in [5.41, 5.74) is 1.30. The van der Waals surface area contributed by atoms with Crippen molar-refractivity contribution in [2.75, 3.05) is 32.1 Å². The van der Waals surface area contributed by atoms with E-state index in [-0.39, 0.29) is 13.1 Å². The van der Waals surface area contributed by atoms with Crippen LogP contribution in [-0.2, 0) is 21.5 Å². The molecule has 0 saturated carbocycles. The summed E-state index contributed by atoms with van der Waals surface area (Å²) in [5.74, 6) is -0.00402. The van der Waals surface area contributed by atoms with Crippen LogP contribution in [0.1, 0.15) is 12.0 Å². The number of hydrogen-bond donors (Lipinski definition) is 1. The van der Waals surface area contributed by atoms with Crippen LogP contribution in [0.15, 0.2) is 48.5 Å². The molecule has 9 heteroatoms. The second-order valence-electron chi connectivity index (χ2n) is 6.41. The van der Waals surface area contributed by atoms with E-state index in [0.29, 0.717) is 36.0 Å². The van der Waals surface area contributed by atoms with Crippen molar-refractivity contribution in [3.8, 4) is 5.75 Å². The minimum absolute atomic E-state index is 0.275. The van der Waals surface area contributed by atoms with E-state index in [2.05, 4.69) is 5.32 Å². The Morgan fingerprint density at radius 3 is 2.57 bits per heavy atom. The maximum atomic E-state index is 12.9. The minimum Gasteiger partial charge on any atom is -0.495 e. The summed E-state index contributed by atoms with van der Waals surface area (Å²) in [4.78, 5) is 12.5. The van der Waals surface area contributed by atoms with Gasteiger partial charge >= 0.3 is 0 Å². The van der Waals surface area contributed by atoms with Crippen LogP contribution in [0, 0.1) is 0 Å². The van der Waals surface area contributed by atoms with Gasteiger partial charge in [0, 0.05) is 24.7 Å². The van der Waals surface area contributed by atoms with Crippen molar-refractivity contribution in [3.63, 3.8) is 0 Å². The van der Waals surface area contributed by atoms with Crippen LogP contribution in [0.2, 0.25) is 5.02 Å². The molecule has 0 atom stereocenters. The Morgan fingerprint density at radius 2 is 1.86 bits per heavy atom. The third-order valence-electron chi connectivity index (χ3n) is 4.42. The molecule has 150 valence electrons. The zero-order valence-electron chi connectivity index (χ0n) is 15.5. The highest BCUT2D eigenvalue weighted by Gasteiger charge is 2.34. The highest BCUT2D eigenvalue weighted by molar-refractivity contribution is 7.86. The number of anilines is 1. The van der Waals surface area contributed by atoms with Crippen molar-refractivity contribution >= 4 is 33.4 Å². The molecule has 0 aromatic heterocycles. The van der Waals surface area contributed by atoms with Crippen LogP contribution in [-0.4, -0.2) is 49.7 Å². The second kappa shape index (κ2) is 8.91. The average molecular weight is 424 g/mol. The monoisotopic (exact) mass is 423 g/mol. The van der Waals surface area contributed by atoms with Gasteiger partial charge in [-0.3, -0.25) is 4.79 Å². The molecule has 0 spiro atoms. The van der Waals surface area contributed by atoms with Crippen LogP contribution in [0.5, 0.6) is 5.75 Å². The molecule has 28 heavy (non-hydrogen) atoms. The number of ether oxygens (including phenoxy) is 1. The van der Waals surface area contributed by atoms with Crippen LogP contribution >= 0.6 is 11.6 Å². The topological polar surface area (TPSA) is 79.0 Å². The van der Waals surface area contributed by atoms with Gasteiger partial charge in [0.2, 0.25) is 5.91 Å². The second-order valence-corrected chi connectivity index (χ2v) is 8.77. The van der Waals surface area contributed by atoms with Gasteiger partial charge < -0.3 is 10.1 Å². The van der Waals surface area contributed by atoms with E-state index in [9.17, 15) is 13.2 Å². The van der Waals surface area contributed by atoms with Crippen molar-refractivity contribution in [3.05, 3.63) is 59.1 Å². The Kier molecular flexibility index (Phi) is 6.56. The van der Waals surface area contributed by atoms with Gasteiger partial charge in [0.15, 0.2) is 0 Å². The summed E-state index contributed by atoms with van der Waals surface area (Å²) in [7, 11) is -2.24. The molecule has 3 rings (SSSR count). The molecule has 1 aliphatic rings. The minimum atomic E-state index is -3.73. The quantitative estimate of drug-likeness (QED) is 0.774. The standard InChI is InChI=1S/C19H22ClN3O4S/c1-27-18-9-8-16(20)12-17(18)21-19(24)14-23-11-5-10-22(28(23,25)26)13-15-6-3-2-4-7-15/h2-4,6-9,12H,5,10-11,13-14H2,1H3,(H,21,24). The van der Waals surface area contributed by atoms with E-state index in [1.807, 2.05) is 30.3 Å². The number of nitrogens with zero attached hydrogens (tertiary/aromatic N) is 2. The van der Waals surface area contributed by atoms with Crippen LogP contribution in [0.4, 0.5) is 5.69 Å². The Balaban J connectivity index is 1.69. The Bertz CT molecular complexity index is 937. The molecule has 1 saturated heterocycles. The normalized spacial score (nSPS) is 17.2. The Morgan fingerprint density at radius 1 is 1.14 bits per heavy atom. The van der Waals surface area contributed by atoms with Gasteiger partial charge in [0.25, 0.3) is 10.2 Å². The number of amides is 1. The van der Waals surface area contributed by atoms with Crippen molar-refractivity contribution in [1.29, 1.82) is 0 Å². The Hall–Kier alpha value is -2.13. The lowest BCUT2D eigenvalue weighted by molar-refractivity contribution is -0.116. The summed E-state index contributed by atoms with van der Waals surface area (Å²) in [6.45, 7) is 0.734. The number of rotatable bonds is 6. The van der Waals surface area contributed by atoms with Crippen molar-refractivity contribution < 1.29 is 17.9 Å². The fourth-order valence-corrected chi connectivity index (χ4v) is 4.86. The predicted molar refractivity (Wildman–Crippen MR) is 109 cm³/mol. The van der Waals surface area contributed by atoms with Crippen molar-refractivity contribution in [2.45, 2.75) is 13.0 Å². The lowest BCUT2D eigenvalue weighted by atomic mass is 10.2. The van der Waals surface area contributed by atoms with Gasteiger partial charge in [-0.1, -0.05) is 41.9 Å². The largest absolute Gasteiger partial charge is 0.495 e. The number of nitrogens with one attached hydrogen (secondary N) is 1. The van der Waals surface area contributed by atoms with Crippen molar-refractivity contribution in [2.24, 2.45) is 0 Å². The number of hydrogen-bond acceptors (Lipinski definition) is 4. The van der Waals surface area contributed by atoms with Gasteiger partial charge in [0.05, 0.1) is 19.3 Å². The molecule has 0 unspecified atom stereocenters. The molecule has 2 aromatic carbocycles. The van der Waals surface area contributed by atoms with Gasteiger partial charge in [-0.2, -0.15) is 17.0 Å². The molecule has 1 aliphatic heterocycles. The molecule has 1 amide bonds. The number of carbonyl (C=O) groups is 1. The summed E-state index contributed by atoms with van der Waals surface area (Å²) < 4.78 is 33.6. The van der Waals surface area contributed by atoms with Gasteiger partial charge in [-0.15, -0.1) is 0 Å². The fraction of sp³-hybridized carbons (Fsp3) is 0.316. The predicted octanol–water partition coefficient (Wildman–Crippen LogP) is 2.74. The number of benzene rings is 2.